The normalized spacial score (nSPS) is 29.1. The van der Waals surface area contributed by atoms with Crippen molar-refractivity contribution in [1.29, 1.82) is 0 Å². The molecule has 1 aliphatic heterocycles. The largest absolute Gasteiger partial charge is 0.365 e. The summed E-state index contributed by atoms with van der Waals surface area (Å²) in [6, 6.07) is 0. The Morgan fingerprint density at radius 3 is 2.60 bits per heavy atom. The van der Waals surface area contributed by atoms with E-state index >= 15 is 0 Å². The molecule has 0 aromatic rings. The maximum atomic E-state index is 12.5. The molecule has 1 unspecified atom stereocenters. The van der Waals surface area contributed by atoms with Gasteiger partial charge in [-0.25, -0.2) is 0 Å². The van der Waals surface area contributed by atoms with Gasteiger partial charge in [0.25, 0.3) is 5.91 Å². The maximum Gasteiger partial charge on any atom is 0.250 e. The summed E-state index contributed by atoms with van der Waals surface area (Å²) in [5, 5.41) is 7.06. The molecular weight excluding hydrogens is 250 g/mol. The summed E-state index contributed by atoms with van der Waals surface area (Å²) >= 11 is 0. The van der Waals surface area contributed by atoms with E-state index in [1.54, 1.807) is 0 Å². The molecule has 4 nitrogen and oxygen atoms in total. The van der Waals surface area contributed by atoms with Crippen molar-refractivity contribution in [3.05, 3.63) is 11.3 Å². The second-order valence-corrected chi connectivity index (χ2v) is 6.97. The highest BCUT2D eigenvalue weighted by Gasteiger charge is 2.42. The highest BCUT2D eigenvalue weighted by atomic mass is 16.2. The maximum absolute atomic E-state index is 12.5. The van der Waals surface area contributed by atoms with Crippen molar-refractivity contribution in [3.63, 3.8) is 0 Å². The lowest BCUT2D eigenvalue weighted by Gasteiger charge is -2.47. The third-order valence-corrected chi connectivity index (χ3v) is 5.01. The summed E-state index contributed by atoms with van der Waals surface area (Å²) in [6.07, 6.45) is 9.16. The van der Waals surface area contributed by atoms with Crippen LogP contribution in [0.25, 0.3) is 0 Å². The molecule has 112 valence electrons. The van der Waals surface area contributed by atoms with Crippen LogP contribution >= 0.6 is 0 Å². The fourth-order valence-corrected chi connectivity index (χ4v) is 4.07. The van der Waals surface area contributed by atoms with Gasteiger partial charge in [-0.1, -0.05) is 6.42 Å². The fraction of sp³-hybridized carbons (Fsp3) is 0.812. The quantitative estimate of drug-likeness (QED) is 0.811. The first-order chi connectivity index (χ1) is 9.60. The first-order valence-corrected chi connectivity index (χ1v) is 8.08. The van der Waals surface area contributed by atoms with E-state index in [4.69, 9.17) is 0 Å². The topological polar surface area (TPSA) is 44.4 Å². The van der Waals surface area contributed by atoms with Gasteiger partial charge in [-0.05, 0) is 59.0 Å². The Morgan fingerprint density at radius 1 is 1.15 bits per heavy atom. The van der Waals surface area contributed by atoms with Crippen LogP contribution in [0, 0.1) is 5.92 Å². The molecule has 0 bridgehead atoms. The molecule has 0 saturated heterocycles. The lowest BCUT2D eigenvalue weighted by molar-refractivity contribution is -0.121. The minimum Gasteiger partial charge on any atom is -0.365 e. The second kappa shape index (κ2) is 5.40. The number of nitrogens with zero attached hydrogens (tertiary/aromatic N) is 1. The van der Waals surface area contributed by atoms with Crippen LogP contribution < -0.4 is 10.6 Å². The number of amides is 1. The minimum atomic E-state index is -0.143. The molecule has 0 radical (unpaired) electrons. The predicted molar refractivity (Wildman–Crippen MR) is 80.0 cm³/mol. The van der Waals surface area contributed by atoms with Gasteiger partial charge in [-0.2, -0.15) is 0 Å². The first-order valence-electron chi connectivity index (χ1n) is 8.08. The van der Waals surface area contributed by atoms with Gasteiger partial charge in [0.05, 0.1) is 0 Å². The van der Waals surface area contributed by atoms with E-state index in [1.807, 2.05) is 0 Å². The summed E-state index contributed by atoms with van der Waals surface area (Å²) in [5.74, 6) is 0.697. The van der Waals surface area contributed by atoms with Gasteiger partial charge in [-0.3, -0.25) is 4.79 Å². The minimum absolute atomic E-state index is 0.143. The molecule has 1 fully saturated rings. The van der Waals surface area contributed by atoms with Crippen LogP contribution in [-0.2, 0) is 4.79 Å². The summed E-state index contributed by atoms with van der Waals surface area (Å²) in [4.78, 5) is 14.7. The van der Waals surface area contributed by atoms with Crippen LogP contribution in [0.3, 0.4) is 0 Å². The summed E-state index contributed by atoms with van der Waals surface area (Å²) in [7, 11) is 4.24. The van der Waals surface area contributed by atoms with E-state index < -0.39 is 0 Å². The van der Waals surface area contributed by atoms with Gasteiger partial charge in [0.15, 0.2) is 0 Å². The van der Waals surface area contributed by atoms with Gasteiger partial charge in [-0.15, -0.1) is 0 Å². The fourth-order valence-electron chi connectivity index (χ4n) is 4.07. The standard InChI is InChI=1S/C16H27N3O/c1-19(2)11-12-7-6-8-13-14(12)17-16(18-15(13)20)9-4-3-5-10-16/h12,17H,3-11H2,1-2H3,(H,18,20). The molecule has 1 amide bonds. The number of nitrogens with one attached hydrogen (secondary N) is 2. The monoisotopic (exact) mass is 277 g/mol. The summed E-state index contributed by atoms with van der Waals surface area (Å²) in [6.45, 7) is 1.04. The smallest absolute Gasteiger partial charge is 0.250 e. The zero-order valence-electron chi connectivity index (χ0n) is 12.8. The SMILES string of the molecule is CN(C)CC1CCCC2=C1NC1(CCCCC1)NC2=O. The van der Waals surface area contributed by atoms with E-state index in [2.05, 4.69) is 29.6 Å². The molecule has 0 aromatic carbocycles. The molecule has 1 saturated carbocycles. The highest BCUT2D eigenvalue weighted by Crippen LogP contribution is 2.37. The van der Waals surface area contributed by atoms with Gasteiger partial charge in [0.1, 0.15) is 5.66 Å². The Hall–Kier alpha value is -1.03. The molecule has 2 N–H and O–H groups in total. The van der Waals surface area contributed by atoms with Crippen LogP contribution in [-0.4, -0.2) is 37.1 Å². The number of hydrogen-bond acceptors (Lipinski definition) is 3. The molecule has 20 heavy (non-hydrogen) atoms. The van der Waals surface area contributed by atoms with E-state index in [1.165, 1.54) is 31.4 Å². The van der Waals surface area contributed by atoms with Gasteiger partial charge in [0, 0.05) is 23.7 Å². The number of hydrogen-bond donors (Lipinski definition) is 2. The zero-order valence-corrected chi connectivity index (χ0v) is 12.8. The Bertz CT molecular complexity index is 421. The molecule has 1 spiro atoms. The zero-order chi connectivity index (χ0) is 14.2. The average molecular weight is 277 g/mol. The number of carbonyl (C=O) groups is 1. The van der Waals surface area contributed by atoms with Crippen LogP contribution in [0.4, 0.5) is 0 Å². The van der Waals surface area contributed by atoms with Crippen molar-refractivity contribution >= 4 is 5.91 Å². The van der Waals surface area contributed by atoms with E-state index in [9.17, 15) is 4.79 Å². The van der Waals surface area contributed by atoms with Crippen molar-refractivity contribution in [1.82, 2.24) is 15.5 Å². The second-order valence-electron chi connectivity index (χ2n) is 6.97. The Balaban J connectivity index is 1.86. The molecular formula is C16H27N3O. The Labute approximate surface area is 122 Å². The molecule has 2 aliphatic carbocycles. The number of rotatable bonds is 2. The average Bonchev–Trinajstić information content (AvgIpc) is 2.40. The Morgan fingerprint density at radius 2 is 1.90 bits per heavy atom. The Kier molecular flexibility index (Phi) is 3.76. The first kappa shape index (κ1) is 13.9. The predicted octanol–water partition coefficient (Wildman–Crippen LogP) is 1.98. The lowest BCUT2D eigenvalue weighted by atomic mass is 9.80. The van der Waals surface area contributed by atoms with Crippen LogP contribution in [0.2, 0.25) is 0 Å². The summed E-state index contributed by atoms with van der Waals surface area (Å²) in [5.41, 5.74) is 2.14. The molecule has 1 atom stereocenters. The third kappa shape index (κ3) is 2.58. The molecule has 4 heteroatoms. The molecule has 0 aromatic heterocycles. The van der Waals surface area contributed by atoms with Gasteiger partial charge in [0.2, 0.25) is 0 Å². The van der Waals surface area contributed by atoms with Crippen molar-refractivity contribution in [2.75, 3.05) is 20.6 Å². The molecule has 3 aliphatic rings. The summed E-state index contributed by atoms with van der Waals surface area (Å²) < 4.78 is 0. The third-order valence-electron chi connectivity index (χ3n) is 5.01. The van der Waals surface area contributed by atoms with Crippen molar-refractivity contribution in [3.8, 4) is 0 Å². The van der Waals surface area contributed by atoms with Gasteiger partial charge >= 0.3 is 0 Å². The van der Waals surface area contributed by atoms with Crippen LogP contribution in [0.15, 0.2) is 11.3 Å². The highest BCUT2D eigenvalue weighted by molar-refractivity contribution is 5.95. The molecule has 1 heterocycles. The van der Waals surface area contributed by atoms with E-state index in [0.29, 0.717) is 5.92 Å². The molecule has 3 rings (SSSR count). The van der Waals surface area contributed by atoms with Crippen molar-refractivity contribution in [2.24, 2.45) is 5.92 Å². The van der Waals surface area contributed by atoms with Crippen molar-refractivity contribution < 1.29 is 4.79 Å². The van der Waals surface area contributed by atoms with E-state index in [0.717, 1.165) is 37.8 Å². The van der Waals surface area contributed by atoms with Crippen molar-refractivity contribution in [2.45, 2.75) is 57.0 Å². The van der Waals surface area contributed by atoms with Crippen LogP contribution in [0.5, 0.6) is 0 Å². The van der Waals surface area contributed by atoms with Crippen LogP contribution in [0.1, 0.15) is 51.4 Å². The lowest BCUT2D eigenvalue weighted by Crippen LogP contribution is -2.64. The van der Waals surface area contributed by atoms with E-state index in [-0.39, 0.29) is 11.6 Å². The van der Waals surface area contributed by atoms with Gasteiger partial charge < -0.3 is 15.5 Å². The number of carbonyl (C=O) groups excluding carboxylic acids is 1.